The van der Waals surface area contributed by atoms with E-state index in [1.165, 1.54) is 24.8 Å². The fraction of sp³-hybridized carbons (Fsp3) is 0.524. The van der Waals surface area contributed by atoms with E-state index < -0.39 is 0 Å². The average Bonchev–Trinajstić information content (AvgIpc) is 3.01. The number of piperidine rings is 1. The number of rotatable bonds is 6. The molecule has 1 fully saturated rings. The molecule has 6 nitrogen and oxygen atoms in total. The van der Waals surface area contributed by atoms with Crippen LogP contribution >= 0.6 is 24.0 Å². The molecule has 0 bridgehead atoms. The number of nitrogens with zero attached hydrogens (tertiary/aromatic N) is 3. The normalized spacial score (nSPS) is 17.8. The predicted octanol–water partition coefficient (Wildman–Crippen LogP) is 3.63. The molecule has 0 radical (unpaired) electrons. The van der Waals surface area contributed by atoms with E-state index in [0.29, 0.717) is 18.5 Å². The number of hydrogen-bond acceptors (Lipinski definition) is 4. The fourth-order valence-corrected chi connectivity index (χ4v) is 3.53. The van der Waals surface area contributed by atoms with Crippen LogP contribution in [0.3, 0.4) is 0 Å². The Kier molecular flexibility index (Phi) is 9.24. The molecule has 1 aliphatic heterocycles. The Balaban J connectivity index is 0.00000280. The van der Waals surface area contributed by atoms with Crippen molar-refractivity contribution in [1.82, 2.24) is 20.5 Å². The van der Waals surface area contributed by atoms with Crippen molar-refractivity contribution in [3.8, 4) is 0 Å². The molecule has 0 aliphatic carbocycles. The minimum Gasteiger partial charge on any atom is -0.444 e. The lowest BCUT2D eigenvalue weighted by atomic mass is 10.0. The van der Waals surface area contributed by atoms with Gasteiger partial charge in [0.2, 0.25) is 5.89 Å². The predicted molar refractivity (Wildman–Crippen MR) is 124 cm³/mol. The zero-order valence-corrected chi connectivity index (χ0v) is 19.4. The highest BCUT2D eigenvalue weighted by atomic mass is 127. The van der Waals surface area contributed by atoms with E-state index in [4.69, 9.17) is 4.42 Å². The smallest absolute Gasteiger partial charge is 0.214 e. The van der Waals surface area contributed by atoms with Crippen molar-refractivity contribution in [2.45, 2.75) is 52.2 Å². The second kappa shape index (κ2) is 11.4. The third kappa shape index (κ3) is 6.48. The Hall–Kier alpha value is -1.61. The Morgan fingerprint density at radius 2 is 2.00 bits per heavy atom. The Morgan fingerprint density at radius 1 is 1.21 bits per heavy atom. The van der Waals surface area contributed by atoms with Crippen molar-refractivity contribution in [2.24, 2.45) is 4.99 Å². The number of aliphatic imine (C=N–C) groups is 1. The zero-order chi connectivity index (χ0) is 19.1. The average molecular weight is 497 g/mol. The van der Waals surface area contributed by atoms with Crippen molar-refractivity contribution in [1.29, 1.82) is 0 Å². The van der Waals surface area contributed by atoms with Crippen LogP contribution in [0.2, 0.25) is 0 Å². The number of hydrogen-bond donors (Lipinski definition) is 2. The summed E-state index contributed by atoms with van der Waals surface area (Å²) in [5, 5.41) is 6.77. The van der Waals surface area contributed by atoms with Gasteiger partial charge in [-0.25, -0.2) is 4.98 Å². The number of aryl methyl sites for hydroxylation is 2. The summed E-state index contributed by atoms with van der Waals surface area (Å²) in [5.41, 5.74) is 2.31. The monoisotopic (exact) mass is 497 g/mol. The molecule has 0 spiro atoms. The van der Waals surface area contributed by atoms with Gasteiger partial charge in [0, 0.05) is 26.2 Å². The van der Waals surface area contributed by atoms with Crippen LogP contribution in [-0.4, -0.2) is 42.0 Å². The Labute approximate surface area is 185 Å². The number of nitrogens with one attached hydrogen (secondary N) is 2. The lowest BCUT2D eigenvalue weighted by Crippen LogP contribution is -2.48. The third-order valence-electron chi connectivity index (χ3n) is 5.19. The van der Waals surface area contributed by atoms with Crippen LogP contribution in [0.25, 0.3) is 0 Å². The van der Waals surface area contributed by atoms with Crippen LogP contribution in [0.1, 0.15) is 42.2 Å². The molecule has 2 heterocycles. The highest BCUT2D eigenvalue weighted by molar-refractivity contribution is 14.0. The maximum atomic E-state index is 5.62. The molecule has 154 valence electrons. The Bertz CT molecular complexity index is 727. The van der Waals surface area contributed by atoms with Gasteiger partial charge in [-0.3, -0.25) is 9.89 Å². The number of guanidine groups is 1. The summed E-state index contributed by atoms with van der Waals surface area (Å²) in [4.78, 5) is 11.3. The van der Waals surface area contributed by atoms with Gasteiger partial charge in [-0.15, -0.1) is 24.0 Å². The summed E-state index contributed by atoms with van der Waals surface area (Å²) in [6.07, 6.45) is 3.78. The fourth-order valence-electron chi connectivity index (χ4n) is 3.53. The first-order valence-electron chi connectivity index (χ1n) is 9.81. The van der Waals surface area contributed by atoms with E-state index in [9.17, 15) is 0 Å². The molecule has 1 saturated heterocycles. The molecule has 28 heavy (non-hydrogen) atoms. The lowest BCUT2D eigenvalue weighted by Gasteiger charge is -2.36. The zero-order valence-electron chi connectivity index (χ0n) is 17.1. The largest absolute Gasteiger partial charge is 0.444 e. The molecule has 1 aromatic carbocycles. The SMILES string of the molecule is CN=C(NCc1nc(C)c(C)o1)NCC1CCCCN1Cc1ccccc1.I. The highest BCUT2D eigenvalue weighted by Gasteiger charge is 2.22. The first kappa shape index (κ1) is 22.7. The summed E-state index contributed by atoms with van der Waals surface area (Å²) in [5.74, 6) is 2.35. The molecule has 1 unspecified atom stereocenters. The van der Waals surface area contributed by atoms with Crippen molar-refractivity contribution >= 4 is 29.9 Å². The van der Waals surface area contributed by atoms with Crippen LogP contribution in [0.4, 0.5) is 0 Å². The second-order valence-corrected chi connectivity index (χ2v) is 7.16. The van der Waals surface area contributed by atoms with Crippen molar-refractivity contribution in [3.63, 3.8) is 0 Å². The van der Waals surface area contributed by atoms with E-state index in [-0.39, 0.29) is 24.0 Å². The molecule has 1 aliphatic rings. The molecule has 1 aromatic heterocycles. The Morgan fingerprint density at radius 3 is 2.68 bits per heavy atom. The maximum absolute atomic E-state index is 5.62. The van der Waals surface area contributed by atoms with E-state index in [0.717, 1.165) is 37.0 Å². The van der Waals surface area contributed by atoms with Crippen molar-refractivity contribution in [3.05, 3.63) is 53.2 Å². The minimum absolute atomic E-state index is 0. The first-order chi connectivity index (χ1) is 13.2. The van der Waals surface area contributed by atoms with Crippen molar-refractivity contribution in [2.75, 3.05) is 20.1 Å². The first-order valence-corrected chi connectivity index (χ1v) is 9.81. The van der Waals surface area contributed by atoms with Gasteiger partial charge in [-0.05, 0) is 38.8 Å². The van der Waals surface area contributed by atoms with Gasteiger partial charge < -0.3 is 15.1 Å². The van der Waals surface area contributed by atoms with Crippen LogP contribution in [0.5, 0.6) is 0 Å². The molecular formula is C21H32IN5O. The van der Waals surface area contributed by atoms with Gasteiger partial charge in [-0.1, -0.05) is 36.8 Å². The quantitative estimate of drug-likeness (QED) is 0.363. The number of halogens is 1. The van der Waals surface area contributed by atoms with Gasteiger partial charge in [0.25, 0.3) is 0 Å². The molecule has 0 amide bonds. The van der Waals surface area contributed by atoms with Crippen LogP contribution in [0, 0.1) is 13.8 Å². The van der Waals surface area contributed by atoms with E-state index in [1.54, 1.807) is 7.05 Å². The topological polar surface area (TPSA) is 65.7 Å². The van der Waals surface area contributed by atoms with Gasteiger partial charge in [0.1, 0.15) is 5.76 Å². The van der Waals surface area contributed by atoms with Crippen molar-refractivity contribution < 1.29 is 4.42 Å². The van der Waals surface area contributed by atoms with E-state index >= 15 is 0 Å². The summed E-state index contributed by atoms with van der Waals surface area (Å²) < 4.78 is 5.62. The summed E-state index contributed by atoms with van der Waals surface area (Å²) >= 11 is 0. The number of benzene rings is 1. The summed E-state index contributed by atoms with van der Waals surface area (Å²) in [6.45, 7) is 7.47. The molecule has 2 aromatic rings. The van der Waals surface area contributed by atoms with Gasteiger partial charge in [-0.2, -0.15) is 0 Å². The molecule has 7 heteroatoms. The number of aromatic nitrogens is 1. The third-order valence-corrected chi connectivity index (χ3v) is 5.19. The molecule has 1 atom stereocenters. The van der Waals surface area contributed by atoms with Crippen LogP contribution in [-0.2, 0) is 13.1 Å². The van der Waals surface area contributed by atoms with E-state index in [2.05, 4.69) is 55.8 Å². The second-order valence-electron chi connectivity index (χ2n) is 7.16. The standard InChI is InChI=1S/C21H31N5O.HI/c1-16-17(2)27-20(25-16)14-24-21(22-3)23-13-19-11-7-8-12-26(19)15-18-9-5-4-6-10-18;/h4-6,9-10,19H,7-8,11-15H2,1-3H3,(H2,22,23,24);1H. The molecule has 3 rings (SSSR count). The van der Waals surface area contributed by atoms with Gasteiger partial charge >= 0.3 is 0 Å². The van der Waals surface area contributed by atoms with E-state index in [1.807, 2.05) is 13.8 Å². The molecule has 2 N–H and O–H groups in total. The maximum Gasteiger partial charge on any atom is 0.214 e. The number of likely N-dealkylation sites (tertiary alicyclic amines) is 1. The summed E-state index contributed by atoms with van der Waals surface area (Å²) in [6, 6.07) is 11.2. The summed E-state index contributed by atoms with van der Waals surface area (Å²) in [7, 11) is 1.80. The molecule has 0 saturated carbocycles. The minimum atomic E-state index is 0. The lowest BCUT2D eigenvalue weighted by molar-refractivity contribution is 0.141. The highest BCUT2D eigenvalue weighted by Crippen LogP contribution is 2.19. The van der Waals surface area contributed by atoms with Crippen LogP contribution < -0.4 is 10.6 Å². The number of oxazole rings is 1. The van der Waals surface area contributed by atoms with Gasteiger partial charge in [0.05, 0.1) is 12.2 Å². The van der Waals surface area contributed by atoms with Gasteiger partial charge in [0.15, 0.2) is 5.96 Å². The van der Waals surface area contributed by atoms with Crippen LogP contribution in [0.15, 0.2) is 39.7 Å². The molecular weight excluding hydrogens is 465 g/mol.